The zero-order valence-corrected chi connectivity index (χ0v) is 18.8. The predicted octanol–water partition coefficient (Wildman–Crippen LogP) is 5.16. The molecule has 0 amide bonds. The van der Waals surface area contributed by atoms with E-state index in [1.54, 1.807) is 36.4 Å². The van der Waals surface area contributed by atoms with Crippen LogP contribution in [0.25, 0.3) is 6.08 Å². The van der Waals surface area contributed by atoms with Gasteiger partial charge in [0.1, 0.15) is 11.2 Å². The van der Waals surface area contributed by atoms with E-state index in [0.29, 0.717) is 16.7 Å². The first kappa shape index (κ1) is 20.7. The molecule has 4 nitrogen and oxygen atoms in total. The van der Waals surface area contributed by atoms with Crippen molar-refractivity contribution in [1.29, 1.82) is 0 Å². The Labute approximate surface area is 196 Å². The van der Waals surface area contributed by atoms with E-state index in [9.17, 15) is 18.8 Å². The van der Waals surface area contributed by atoms with Crippen LogP contribution < -0.4 is 4.90 Å². The lowest BCUT2D eigenvalue weighted by molar-refractivity contribution is -0.118. The van der Waals surface area contributed by atoms with E-state index in [2.05, 4.69) is 0 Å². The first-order chi connectivity index (χ1) is 16.4. The number of anilines is 1. The molecule has 168 valence electrons. The highest BCUT2D eigenvalue weighted by Gasteiger charge is 2.71. The number of hydrogen-bond acceptors (Lipinski definition) is 4. The standard InChI is InChI=1S/C29H22FNO3/c1-16-7-8-18-11-14-24-29(27(33)21-5-3-4-6-22(21)28(29)34)25(19-9-12-20(30)13-10-19)26(17(2)32)31(24)23(18)15-16/h3-15,24-26H,1-2H3/t24-,25-,26+/m0/s1. The summed E-state index contributed by atoms with van der Waals surface area (Å²) in [6.07, 6.45) is 3.82. The molecule has 0 bridgehead atoms. The smallest absolute Gasteiger partial charge is 0.180 e. The summed E-state index contributed by atoms with van der Waals surface area (Å²) in [5.41, 5.74) is 2.62. The summed E-state index contributed by atoms with van der Waals surface area (Å²) < 4.78 is 13.9. The van der Waals surface area contributed by atoms with Crippen LogP contribution in [0.15, 0.2) is 72.8 Å². The van der Waals surface area contributed by atoms with Gasteiger partial charge in [0.2, 0.25) is 0 Å². The third kappa shape index (κ3) is 2.50. The molecule has 5 heteroatoms. The van der Waals surface area contributed by atoms with Crippen LogP contribution in [0.2, 0.25) is 0 Å². The Balaban J connectivity index is 1.69. The van der Waals surface area contributed by atoms with Gasteiger partial charge in [0.15, 0.2) is 17.3 Å². The Morgan fingerprint density at radius 1 is 0.941 bits per heavy atom. The van der Waals surface area contributed by atoms with Gasteiger partial charge in [-0.1, -0.05) is 60.7 Å². The van der Waals surface area contributed by atoms with Gasteiger partial charge in [0, 0.05) is 22.7 Å². The second kappa shape index (κ2) is 7.07. The van der Waals surface area contributed by atoms with Crippen LogP contribution >= 0.6 is 0 Å². The lowest BCUT2D eigenvalue weighted by Gasteiger charge is -2.37. The molecule has 2 aliphatic heterocycles. The maximum absolute atomic E-state index is 14.2. The summed E-state index contributed by atoms with van der Waals surface area (Å²) in [6, 6.07) is 17.3. The number of carbonyl (C=O) groups excluding carboxylic acids is 3. The summed E-state index contributed by atoms with van der Waals surface area (Å²) in [7, 11) is 0. The highest BCUT2D eigenvalue weighted by atomic mass is 19.1. The topological polar surface area (TPSA) is 54.5 Å². The molecule has 3 aliphatic rings. The average Bonchev–Trinajstić information content (AvgIpc) is 3.27. The van der Waals surface area contributed by atoms with Crippen LogP contribution in [-0.2, 0) is 4.79 Å². The second-order valence-corrected chi connectivity index (χ2v) is 9.43. The van der Waals surface area contributed by atoms with Crippen molar-refractivity contribution in [2.24, 2.45) is 5.41 Å². The lowest BCUT2D eigenvalue weighted by Crippen LogP contribution is -2.48. The molecule has 6 rings (SSSR count). The Morgan fingerprint density at radius 2 is 1.59 bits per heavy atom. The van der Waals surface area contributed by atoms with Gasteiger partial charge in [-0.3, -0.25) is 14.4 Å². The van der Waals surface area contributed by atoms with Crippen LogP contribution in [-0.4, -0.2) is 29.4 Å². The van der Waals surface area contributed by atoms with E-state index >= 15 is 0 Å². The molecule has 0 saturated carbocycles. The third-order valence-electron chi connectivity index (χ3n) is 7.61. The highest BCUT2D eigenvalue weighted by molar-refractivity contribution is 6.32. The molecule has 3 aromatic carbocycles. The molecule has 1 saturated heterocycles. The minimum absolute atomic E-state index is 0.143. The maximum atomic E-state index is 14.2. The van der Waals surface area contributed by atoms with Crippen LogP contribution in [0.3, 0.4) is 0 Å². The molecule has 0 aromatic heterocycles. The number of rotatable bonds is 2. The largest absolute Gasteiger partial charge is 0.352 e. The van der Waals surface area contributed by atoms with Crippen LogP contribution in [0.5, 0.6) is 0 Å². The van der Waals surface area contributed by atoms with Crippen molar-refractivity contribution in [2.45, 2.75) is 31.8 Å². The lowest BCUT2D eigenvalue weighted by atomic mass is 9.64. The van der Waals surface area contributed by atoms with Gasteiger partial charge in [-0.2, -0.15) is 0 Å². The number of benzene rings is 3. The zero-order valence-electron chi connectivity index (χ0n) is 18.8. The quantitative estimate of drug-likeness (QED) is 0.506. The summed E-state index contributed by atoms with van der Waals surface area (Å²) in [5.74, 6) is -1.88. The highest BCUT2D eigenvalue weighted by Crippen LogP contribution is 2.60. The van der Waals surface area contributed by atoms with E-state index in [0.717, 1.165) is 16.8 Å². The van der Waals surface area contributed by atoms with E-state index in [-0.39, 0.29) is 17.3 Å². The Morgan fingerprint density at radius 3 is 2.21 bits per heavy atom. The Hall–Kier alpha value is -3.86. The molecule has 34 heavy (non-hydrogen) atoms. The van der Waals surface area contributed by atoms with Crippen molar-refractivity contribution >= 4 is 29.1 Å². The second-order valence-electron chi connectivity index (χ2n) is 9.43. The van der Waals surface area contributed by atoms with Crippen molar-refractivity contribution in [1.82, 2.24) is 0 Å². The van der Waals surface area contributed by atoms with Crippen molar-refractivity contribution in [2.75, 3.05) is 4.90 Å². The minimum Gasteiger partial charge on any atom is -0.352 e. The van der Waals surface area contributed by atoms with Gasteiger partial charge in [0.05, 0.1) is 12.1 Å². The molecule has 1 fully saturated rings. The molecule has 0 unspecified atom stereocenters. The molecule has 2 heterocycles. The van der Waals surface area contributed by atoms with Gasteiger partial charge in [-0.05, 0) is 48.7 Å². The predicted molar refractivity (Wildman–Crippen MR) is 128 cm³/mol. The van der Waals surface area contributed by atoms with Gasteiger partial charge in [-0.25, -0.2) is 4.39 Å². The number of aryl methyl sites for hydroxylation is 1. The van der Waals surface area contributed by atoms with Crippen molar-refractivity contribution in [3.63, 3.8) is 0 Å². The van der Waals surface area contributed by atoms with Crippen molar-refractivity contribution in [3.05, 3.63) is 106 Å². The van der Waals surface area contributed by atoms with Gasteiger partial charge in [-0.15, -0.1) is 0 Å². The molecule has 1 aliphatic carbocycles. The van der Waals surface area contributed by atoms with E-state index in [1.165, 1.54) is 19.1 Å². The number of fused-ring (bicyclic) bond motifs is 5. The average molecular weight is 451 g/mol. The van der Waals surface area contributed by atoms with Gasteiger partial charge < -0.3 is 4.90 Å². The first-order valence-corrected chi connectivity index (χ1v) is 11.4. The fourth-order valence-corrected chi connectivity index (χ4v) is 6.27. The summed E-state index contributed by atoms with van der Waals surface area (Å²) in [5, 5.41) is 0. The zero-order chi connectivity index (χ0) is 23.8. The third-order valence-corrected chi connectivity index (χ3v) is 7.61. The Kier molecular flexibility index (Phi) is 4.31. The van der Waals surface area contributed by atoms with Gasteiger partial charge in [0.25, 0.3) is 0 Å². The maximum Gasteiger partial charge on any atom is 0.180 e. The monoisotopic (exact) mass is 451 g/mol. The summed E-state index contributed by atoms with van der Waals surface area (Å²) in [6.45, 7) is 3.48. The van der Waals surface area contributed by atoms with Crippen LogP contribution in [0, 0.1) is 18.2 Å². The number of Topliss-reactive ketones (excluding diaryl/α,β-unsaturated/α-hetero) is 3. The summed E-state index contributed by atoms with van der Waals surface area (Å²) >= 11 is 0. The van der Waals surface area contributed by atoms with E-state index < -0.39 is 29.2 Å². The summed E-state index contributed by atoms with van der Waals surface area (Å²) in [4.78, 5) is 43.7. The van der Waals surface area contributed by atoms with Crippen LogP contribution in [0.4, 0.5) is 10.1 Å². The Bertz CT molecular complexity index is 1390. The SMILES string of the molecule is CC(=O)[C@@H]1[C@H](c2ccc(F)cc2)C2(C(=O)c3ccccc3C2=O)[C@@H]2C=Cc3ccc(C)cc3N12. The van der Waals surface area contributed by atoms with E-state index in [4.69, 9.17) is 0 Å². The number of halogens is 1. The fraction of sp³-hybridized carbons (Fsp3) is 0.207. The van der Waals surface area contributed by atoms with E-state index in [1.807, 2.05) is 42.2 Å². The van der Waals surface area contributed by atoms with Crippen LogP contribution in [0.1, 0.15) is 50.2 Å². The number of hydrogen-bond donors (Lipinski definition) is 0. The molecule has 0 radical (unpaired) electrons. The first-order valence-electron chi connectivity index (χ1n) is 11.4. The van der Waals surface area contributed by atoms with Gasteiger partial charge >= 0.3 is 0 Å². The normalized spacial score (nSPS) is 23.7. The molecular formula is C29H22FNO3. The number of ketones is 3. The fourth-order valence-electron chi connectivity index (χ4n) is 6.27. The number of nitrogens with zero attached hydrogens (tertiary/aromatic N) is 1. The van der Waals surface area contributed by atoms with Crippen molar-refractivity contribution in [3.8, 4) is 0 Å². The number of carbonyl (C=O) groups is 3. The molecular weight excluding hydrogens is 429 g/mol. The molecule has 1 spiro atoms. The molecule has 3 atom stereocenters. The molecule has 0 N–H and O–H groups in total. The molecule has 3 aromatic rings. The van der Waals surface area contributed by atoms with Crippen molar-refractivity contribution < 1.29 is 18.8 Å². The minimum atomic E-state index is -1.52.